The minimum absolute atomic E-state index is 0.201. The predicted molar refractivity (Wildman–Crippen MR) is 274 cm³/mol. The summed E-state index contributed by atoms with van der Waals surface area (Å²) >= 11 is 0. The first-order valence-electron chi connectivity index (χ1n) is 24.4. The summed E-state index contributed by atoms with van der Waals surface area (Å²) in [6.45, 7) is 0. The molecule has 1 nitrogen and oxygen atoms in total. The van der Waals surface area contributed by atoms with Crippen molar-refractivity contribution in [2.24, 2.45) is 23.7 Å². The van der Waals surface area contributed by atoms with E-state index in [2.05, 4.69) is 217 Å². The molecule has 0 radical (unpaired) electrons. The van der Waals surface area contributed by atoms with Gasteiger partial charge >= 0.3 is 0 Å². The van der Waals surface area contributed by atoms with Gasteiger partial charge in [0.15, 0.2) is 0 Å². The lowest BCUT2D eigenvalue weighted by Gasteiger charge is -2.61. The molecule has 15 rings (SSSR count). The van der Waals surface area contributed by atoms with Crippen LogP contribution >= 0.6 is 0 Å². The predicted octanol–water partition coefficient (Wildman–Crippen LogP) is 17.1. The lowest BCUT2D eigenvalue weighted by molar-refractivity contribution is -0.0399. The van der Waals surface area contributed by atoms with Crippen LogP contribution in [0.15, 0.2) is 212 Å². The molecule has 1 spiro atoms. The molecule has 9 aromatic carbocycles. The fourth-order valence-electron chi connectivity index (χ4n) is 14.1. The van der Waals surface area contributed by atoms with Gasteiger partial charge in [-0.05, 0) is 194 Å². The second-order valence-electron chi connectivity index (χ2n) is 20.1. The van der Waals surface area contributed by atoms with Crippen molar-refractivity contribution >= 4 is 17.1 Å². The number of hydrogen-bond acceptors (Lipinski definition) is 1. The summed E-state index contributed by atoms with van der Waals surface area (Å²) in [4.78, 5) is 2.41. The van der Waals surface area contributed by atoms with E-state index in [1.807, 2.05) is 0 Å². The maximum atomic E-state index is 2.56. The molecule has 4 fully saturated rings. The molecule has 316 valence electrons. The van der Waals surface area contributed by atoms with Crippen molar-refractivity contribution in [1.29, 1.82) is 0 Å². The van der Waals surface area contributed by atoms with Gasteiger partial charge in [0.25, 0.3) is 0 Å². The third kappa shape index (κ3) is 5.85. The summed E-state index contributed by atoms with van der Waals surface area (Å²) < 4.78 is 0. The normalized spacial score (nSPS) is 21.3. The van der Waals surface area contributed by atoms with Crippen LogP contribution in [-0.4, -0.2) is 0 Å². The molecule has 0 aromatic heterocycles. The second kappa shape index (κ2) is 14.9. The first-order chi connectivity index (χ1) is 32.7. The number of hydrogen-bond donors (Lipinski definition) is 0. The van der Waals surface area contributed by atoms with Gasteiger partial charge in [-0.25, -0.2) is 0 Å². The summed E-state index contributed by atoms with van der Waals surface area (Å²) in [5, 5.41) is 0. The van der Waals surface area contributed by atoms with E-state index >= 15 is 0 Å². The minimum atomic E-state index is 0.201. The zero-order valence-electron chi connectivity index (χ0n) is 37.2. The molecule has 0 aliphatic heterocycles. The molecule has 0 saturated heterocycles. The van der Waals surface area contributed by atoms with Gasteiger partial charge in [0.1, 0.15) is 0 Å². The Bertz CT molecular complexity index is 3290. The Balaban J connectivity index is 0.777. The van der Waals surface area contributed by atoms with Crippen LogP contribution < -0.4 is 4.90 Å². The Hall–Kier alpha value is -7.22. The minimum Gasteiger partial charge on any atom is -0.310 e. The topological polar surface area (TPSA) is 3.24 Å². The van der Waals surface area contributed by atoms with Gasteiger partial charge < -0.3 is 4.90 Å². The molecule has 66 heavy (non-hydrogen) atoms. The fraction of sp³-hybridized carbons (Fsp3) is 0.169. The summed E-state index contributed by atoms with van der Waals surface area (Å²) in [5.41, 5.74) is 25.3. The van der Waals surface area contributed by atoms with E-state index in [1.165, 1.54) is 116 Å². The van der Waals surface area contributed by atoms with Crippen molar-refractivity contribution in [3.8, 4) is 66.8 Å². The van der Waals surface area contributed by atoms with Gasteiger partial charge in [-0.15, -0.1) is 0 Å². The first-order valence-corrected chi connectivity index (χ1v) is 24.4. The molecule has 0 heterocycles. The zero-order valence-corrected chi connectivity index (χ0v) is 37.2. The molecular weight excluding hydrogens is 795 g/mol. The molecule has 6 aliphatic carbocycles. The quantitative estimate of drug-likeness (QED) is 0.154. The number of nitrogens with zero attached hydrogens (tertiary/aromatic N) is 1. The van der Waals surface area contributed by atoms with Crippen molar-refractivity contribution in [1.82, 2.24) is 0 Å². The van der Waals surface area contributed by atoms with E-state index in [9.17, 15) is 0 Å². The van der Waals surface area contributed by atoms with Crippen LogP contribution in [0.4, 0.5) is 17.1 Å². The highest BCUT2D eigenvalue weighted by atomic mass is 15.1. The van der Waals surface area contributed by atoms with Crippen molar-refractivity contribution in [2.45, 2.75) is 43.9 Å². The van der Waals surface area contributed by atoms with Crippen molar-refractivity contribution < 1.29 is 0 Å². The monoisotopic (exact) mass is 845 g/mol. The van der Waals surface area contributed by atoms with Gasteiger partial charge in [-0.3, -0.25) is 0 Å². The lowest BCUT2D eigenvalue weighted by Crippen LogP contribution is -2.55. The van der Waals surface area contributed by atoms with E-state index in [0.29, 0.717) is 0 Å². The maximum absolute atomic E-state index is 2.56. The van der Waals surface area contributed by atoms with Gasteiger partial charge in [-0.1, -0.05) is 170 Å². The number of fused-ring (bicyclic) bond motifs is 6. The Kier molecular flexibility index (Phi) is 8.60. The summed E-state index contributed by atoms with van der Waals surface area (Å²) in [7, 11) is 0. The Labute approximate surface area is 389 Å². The smallest absolute Gasteiger partial charge is 0.0464 e. The van der Waals surface area contributed by atoms with E-state index in [-0.39, 0.29) is 5.41 Å². The highest BCUT2D eigenvalue weighted by Gasteiger charge is 2.61. The average molecular weight is 846 g/mol. The van der Waals surface area contributed by atoms with E-state index in [1.54, 1.807) is 11.1 Å². The molecule has 9 aromatic rings. The van der Waals surface area contributed by atoms with Crippen molar-refractivity contribution in [2.75, 3.05) is 4.90 Å². The number of rotatable bonds is 7. The first kappa shape index (κ1) is 38.1. The van der Waals surface area contributed by atoms with Crippen LogP contribution in [0.1, 0.15) is 54.4 Å². The maximum Gasteiger partial charge on any atom is 0.0464 e. The third-order valence-electron chi connectivity index (χ3n) is 16.7. The van der Waals surface area contributed by atoms with Crippen molar-refractivity contribution in [3.63, 3.8) is 0 Å². The summed E-state index contributed by atoms with van der Waals surface area (Å²) in [5.74, 6) is 3.46. The highest BCUT2D eigenvalue weighted by molar-refractivity contribution is 5.90. The highest BCUT2D eigenvalue weighted by Crippen LogP contribution is 2.69. The molecule has 6 aliphatic rings. The van der Waals surface area contributed by atoms with Crippen LogP contribution in [0.5, 0.6) is 0 Å². The van der Waals surface area contributed by atoms with E-state index in [4.69, 9.17) is 0 Å². The number of anilines is 3. The molecule has 0 amide bonds. The molecule has 0 N–H and O–H groups in total. The van der Waals surface area contributed by atoms with E-state index in [0.717, 1.165) is 41.5 Å². The third-order valence-corrected chi connectivity index (χ3v) is 16.7. The van der Waals surface area contributed by atoms with Crippen LogP contribution in [0.3, 0.4) is 0 Å². The van der Waals surface area contributed by atoms with Crippen LogP contribution in [-0.2, 0) is 11.8 Å². The lowest BCUT2D eigenvalue weighted by atomic mass is 9.43. The van der Waals surface area contributed by atoms with Gasteiger partial charge in [0.05, 0.1) is 0 Å². The fourth-order valence-corrected chi connectivity index (χ4v) is 14.1. The average Bonchev–Trinajstić information content (AvgIpc) is 3.89. The molecule has 4 saturated carbocycles. The molecular formula is C65H51N. The zero-order chi connectivity index (χ0) is 43.3. The van der Waals surface area contributed by atoms with Gasteiger partial charge in [0.2, 0.25) is 0 Å². The van der Waals surface area contributed by atoms with Gasteiger partial charge in [-0.2, -0.15) is 0 Å². The Morgan fingerprint density at radius 2 is 0.773 bits per heavy atom. The molecule has 4 bridgehead atoms. The molecule has 0 atom stereocenters. The summed E-state index contributed by atoms with van der Waals surface area (Å²) in [6, 6.07) is 79.9. The van der Waals surface area contributed by atoms with Crippen LogP contribution in [0, 0.1) is 23.7 Å². The standard InChI is InChI=1S/C65H51N/c1-2-10-44(11-3-1)46-22-27-54(28-23-46)66(56-31-32-60-51(40-56)39-49-12-4-5-14-58(49)60)55-29-24-47(25-30-55)45-18-20-48(21-19-45)57-13-6-7-15-59(57)50-26-33-64-62(41-50)61-16-8-9-17-63(61)65(64)52-35-42-34-43(37-52)38-53(65)36-42/h1-33,40-43,52-53H,34-39H2. The number of benzene rings is 9. The van der Waals surface area contributed by atoms with Gasteiger partial charge in [0, 0.05) is 22.5 Å². The Morgan fingerprint density at radius 3 is 1.44 bits per heavy atom. The van der Waals surface area contributed by atoms with Crippen LogP contribution in [0.25, 0.3) is 66.8 Å². The largest absolute Gasteiger partial charge is 0.310 e. The second-order valence-corrected chi connectivity index (χ2v) is 20.1. The molecule has 0 unspecified atom stereocenters. The SMILES string of the molecule is c1ccc(-c2ccc(N(c3ccc(-c4ccc(-c5ccccc5-c5ccc6c(c5)-c5ccccc5C65C6CC7CC(C6)CC5C7)cc4)cc3)c3ccc4c(c3)Cc3ccccc3-4)cc2)cc1. The van der Waals surface area contributed by atoms with E-state index < -0.39 is 0 Å². The van der Waals surface area contributed by atoms with Crippen molar-refractivity contribution in [3.05, 3.63) is 235 Å². The van der Waals surface area contributed by atoms with Crippen LogP contribution in [0.2, 0.25) is 0 Å². The summed E-state index contributed by atoms with van der Waals surface area (Å²) in [6.07, 6.45) is 8.11. The Morgan fingerprint density at radius 1 is 0.303 bits per heavy atom. The molecule has 1 heteroatoms.